The minimum absolute atomic E-state index is 0.0419. The number of oxazole rings is 1. The van der Waals surface area contributed by atoms with Crippen LogP contribution in [0.3, 0.4) is 0 Å². The smallest absolute Gasteiger partial charge is 0.340 e. The molecule has 2 N–H and O–H groups in total. The SMILES string of the molecule is CCOC(=O)C1=c2oc(=Cc3ccccc3)c(=S)n2C(N)=C(C(=O)OC)C1c1ccccc1. The molecule has 168 valence electrons. The van der Waals surface area contributed by atoms with E-state index in [1.807, 2.05) is 36.4 Å². The normalized spacial score (nSPS) is 15.9. The van der Waals surface area contributed by atoms with Crippen molar-refractivity contribution in [3.8, 4) is 0 Å². The first-order chi connectivity index (χ1) is 16.0. The highest BCUT2D eigenvalue weighted by atomic mass is 32.1. The average molecular weight is 463 g/mol. The van der Waals surface area contributed by atoms with E-state index >= 15 is 0 Å². The highest BCUT2D eigenvalue weighted by Gasteiger charge is 2.40. The van der Waals surface area contributed by atoms with E-state index in [2.05, 4.69) is 0 Å². The second kappa shape index (κ2) is 9.30. The van der Waals surface area contributed by atoms with Crippen molar-refractivity contribution in [3.05, 3.63) is 93.0 Å². The van der Waals surface area contributed by atoms with Crippen molar-refractivity contribution in [2.24, 2.45) is 5.73 Å². The maximum absolute atomic E-state index is 13.2. The number of carbonyl (C=O) groups excluding carboxylic acids is 2. The number of rotatable bonds is 5. The molecule has 1 aliphatic heterocycles. The Morgan fingerprint density at radius 3 is 2.30 bits per heavy atom. The summed E-state index contributed by atoms with van der Waals surface area (Å²) in [6, 6.07) is 18.5. The molecule has 3 aromatic rings. The lowest BCUT2D eigenvalue weighted by molar-refractivity contribution is -0.136. The quantitative estimate of drug-likeness (QED) is 0.460. The summed E-state index contributed by atoms with van der Waals surface area (Å²) in [6.07, 6.45) is 1.75. The van der Waals surface area contributed by atoms with Crippen LogP contribution in [0.25, 0.3) is 17.5 Å². The van der Waals surface area contributed by atoms with Gasteiger partial charge >= 0.3 is 11.9 Å². The molecule has 1 atom stereocenters. The van der Waals surface area contributed by atoms with Gasteiger partial charge in [0.2, 0.25) is 5.55 Å². The number of fused-ring (bicyclic) bond motifs is 1. The summed E-state index contributed by atoms with van der Waals surface area (Å²) in [6.45, 7) is 1.84. The number of carbonyl (C=O) groups is 2. The molecule has 2 heterocycles. The van der Waals surface area contributed by atoms with Gasteiger partial charge in [-0.2, -0.15) is 0 Å². The standard InChI is InChI=1S/C25H22N2O5S/c1-3-31-25(29)20-18(16-12-8-5-9-13-16)19(24(28)30-2)21(26)27-22(20)32-17(23(27)33)14-15-10-6-4-7-11-15/h4-14,18H,3,26H2,1-2H3. The number of hydrogen-bond acceptors (Lipinski definition) is 7. The maximum atomic E-state index is 13.2. The summed E-state index contributed by atoms with van der Waals surface area (Å²) in [5.74, 6) is -2.13. The fraction of sp³-hybridized carbons (Fsp3) is 0.160. The highest BCUT2D eigenvalue weighted by molar-refractivity contribution is 7.71. The molecule has 1 aliphatic rings. The fourth-order valence-corrected chi connectivity index (χ4v) is 4.13. The van der Waals surface area contributed by atoms with Gasteiger partial charge in [0, 0.05) is 0 Å². The largest absolute Gasteiger partial charge is 0.466 e. The van der Waals surface area contributed by atoms with Crippen molar-refractivity contribution in [3.63, 3.8) is 0 Å². The Bertz CT molecular complexity index is 1420. The summed E-state index contributed by atoms with van der Waals surface area (Å²) < 4.78 is 18.1. The molecule has 0 bridgehead atoms. The van der Waals surface area contributed by atoms with Gasteiger partial charge in [0.25, 0.3) is 0 Å². The lowest BCUT2D eigenvalue weighted by atomic mass is 9.83. The van der Waals surface area contributed by atoms with Crippen LogP contribution in [0, 0.1) is 4.64 Å². The Kier molecular flexibility index (Phi) is 6.28. The summed E-state index contributed by atoms with van der Waals surface area (Å²) in [7, 11) is 1.26. The van der Waals surface area contributed by atoms with Crippen molar-refractivity contribution < 1.29 is 23.5 Å². The van der Waals surface area contributed by atoms with Gasteiger partial charge in [-0.25, -0.2) is 9.59 Å². The number of benzene rings is 2. The van der Waals surface area contributed by atoms with Crippen LogP contribution in [0.5, 0.6) is 0 Å². The fourth-order valence-electron chi connectivity index (χ4n) is 3.84. The zero-order chi connectivity index (χ0) is 23.5. The van der Waals surface area contributed by atoms with Crippen molar-refractivity contribution in [1.29, 1.82) is 0 Å². The molecule has 33 heavy (non-hydrogen) atoms. The average Bonchev–Trinajstić information content (AvgIpc) is 3.15. The Balaban J connectivity index is 2.13. The van der Waals surface area contributed by atoms with E-state index in [1.54, 1.807) is 37.3 Å². The van der Waals surface area contributed by atoms with Gasteiger partial charge in [0.1, 0.15) is 11.4 Å². The molecule has 0 aliphatic carbocycles. The van der Waals surface area contributed by atoms with Gasteiger partial charge < -0.3 is 19.6 Å². The zero-order valence-electron chi connectivity index (χ0n) is 18.1. The van der Waals surface area contributed by atoms with Crippen molar-refractivity contribution in [2.45, 2.75) is 12.8 Å². The molecule has 0 saturated heterocycles. The molecule has 4 rings (SSSR count). The number of hydrogen-bond donors (Lipinski definition) is 1. The lowest BCUT2D eigenvalue weighted by Crippen LogP contribution is -2.37. The zero-order valence-corrected chi connectivity index (χ0v) is 18.9. The number of ether oxygens (including phenoxy) is 2. The monoisotopic (exact) mass is 462 g/mol. The van der Waals surface area contributed by atoms with Crippen LogP contribution in [0.4, 0.5) is 0 Å². The number of esters is 2. The van der Waals surface area contributed by atoms with Gasteiger partial charge in [-0.3, -0.25) is 4.57 Å². The van der Waals surface area contributed by atoms with Crippen LogP contribution >= 0.6 is 12.2 Å². The van der Waals surface area contributed by atoms with Crippen LogP contribution in [0.2, 0.25) is 0 Å². The van der Waals surface area contributed by atoms with Gasteiger partial charge in [-0.1, -0.05) is 72.9 Å². The molecule has 0 amide bonds. The number of methoxy groups -OCH3 is 1. The van der Waals surface area contributed by atoms with Gasteiger partial charge in [0.15, 0.2) is 10.1 Å². The van der Waals surface area contributed by atoms with Crippen molar-refractivity contribution in [2.75, 3.05) is 13.7 Å². The van der Waals surface area contributed by atoms with Crippen molar-refractivity contribution >= 4 is 41.6 Å². The van der Waals surface area contributed by atoms with E-state index in [0.717, 1.165) is 5.56 Å². The third-order valence-corrected chi connectivity index (χ3v) is 5.66. The van der Waals surface area contributed by atoms with Crippen molar-refractivity contribution in [1.82, 2.24) is 4.57 Å². The van der Waals surface area contributed by atoms with Crippen LogP contribution < -0.4 is 16.7 Å². The van der Waals surface area contributed by atoms with Crippen LogP contribution in [0.15, 0.2) is 70.7 Å². The minimum atomic E-state index is -0.858. The molecule has 0 saturated carbocycles. The van der Waals surface area contributed by atoms with Gasteiger partial charge in [-0.05, 0) is 24.1 Å². The second-order valence-corrected chi connectivity index (χ2v) is 7.62. The first-order valence-electron chi connectivity index (χ1n) is 10.3. The first kappa shape index (κ1) is 22.3. The predicted octanol–water partition coefficient (Wildman–Crippen LogP) is 2.45. The number of aromatic nitrogens is 1. The molecule has 2 aromatic carbocycles. The summed E-state index contributed by atoms with van der Waals surface area (Å²) in [5, 5.41) is 0. The van der Waals surface area contributed by atoms with E-state index in [-0.39, 0.29) is 33.8 Å². The number of nitrogens with zero attached hydrogens (tertiary/aromatic N) is 1. The third-order valence-electron chi connectivity index (χ3n) is 5.28. The minimum Gasteiger partial charge on any atom is -0.466 e. The van der Waals surface area contributed by atoms with Gasteiger partial charge in [0.05, 0.1) is 25.2 Å². The maximum Gasteiger partial charge on any atom is 0.340 e. The predicted molar refractivity (Wildman–Crippen MR) is 125 cm³/mol. The Morgan fingerprint density at radius 1 is 1.06 bits per heavy atom. The van der Waals surface area contributed by atoms with Crippen LogP contribution in [0.1, 0.15) is 24.0 Å². The molecule has 0 fully saturated rings. The topological polar surface area (TPSA) is 96.7 Å². The molecular weight excluding hydrogens is 440 g/mol. The third kappa shape index (κ3) is 4.01. The van der Waals surface area contributed by atoms with Crippen LogP contribution in [-0.4, -0.2) is 30.2 Å². The molecule has 8 heteroatoms. The summed E-state index contributed by atoms with van der Waals surface area (Å²) >= 11 is 5.63. The molecule has 1 unspecified atom stereocenters. The Hall–Kier alpha value is -3.91. The van der Waals surface area contributed by atoms with E-state index in [9.17, 15) is 9.59 Å². The molecule has 0 spiro atoms. The van der Waals surface area contributed by atoms with Gasteiger partial charge in [-0.15, -0.1) is 0 Å². The van der Waals surface area contributed by atoms with E-state index in [0.29, 0.717) is 11.0 Å². The van der Waals surface area contributed by atoms with E-state index in [1.165, 1.54) is 11.7 Å². The summed E-state index contributed by atoms with van der Waals surface area (Å²) in [4.78, 5) is 26.1. The van der Waals surface area contributed by atoms with Crippen LogP contribution in [-0.2, 0) is 19.1 Å². The molecule has 1 aromatic heterocycles. The molecule has 7 nitrogen and oxygen atoms in total. The Labute approximate surface area is 195 Å². The van der Waals surface area contributed by atoms with E-state index in [4.69, 9.17) is 31.8 Å². The Morgan fingerprint density at radius 2 is 1.70 bits per heavy atom. The molecule has 0 radical (unpaired) electrons. The number of nitrogens with two attached hydrogens (primary N) is 1. The summed E-state index contributed by atoms with van der Waals surface area (Å²) in [5.41, 5.74) is 8.64. The lowest BCUT2D eigenvalue weighted by Gasteiger charge is -2.26. The first-order valence-corrected chi connectivity index (χ1v) is 10.7. The van der Waals surface area contributed by atoms with E-state index < -0.39 is 17.9 Å². The molecular formula is C25H22N2O5S. The highest BCUT2D eigenvalue weighted by Crippen LogP contribution is 2.37. The second-order valence-electron chi connectivity index (χ2n) is 7.24.